The topological polar surface area (TPSA) is 33.3 Å². The highest BCUT2D eigenvalue weighted by molar-refractivity contribution is 6.30. The van der Waals surface area contributed by atoms with Gasteiger partial charge in [0, 0.05) is 29.7 Å². The van der Waals surface area contributed by atoms with Gasteiger partial charge in [-0.2, -0.15) is 0 Å². The van der Waals surface area contributed by atoms with Gasteiger partial charge in [0.25, 0.3) is 0 Å². The van der Waals surface area contributed by atoms with Gasteiger partial charge in [-0.05, 0) is 31.7 Å². The largest absolute Gasteiger partial charge is 0.496 e. The van der Waals surface area contributed by atoms with Crippen LogP contribution in [0.3, 0.4) is 0 Å². The van der Waals surface area contributed by atoms with Gasteiger partial charge in [-0.25, -0.2) is 0 Å². The van der Waals surface area contributed by atoms with E-state index in [0.29, 0.717) is 6.04 Å². The molecule has 1 aromatic rings. The number of ether oxygens (including phenoxy) is 1. The second kappa shape index (κ2) is 7.54. The summed E-state index contributed by atoms with van der Waals surface area (Å²) >= 11 is 5.98. The van der Waals surface area contributed by atoms with Gasteiger partial charge in [-0.1, -0.05) is 18.5 Å². The number of nitrogens with one attached hydrogen (secondary N) is 2. The van der Waals surface area contributed by atoms with Crippen LogP contribution < -0.4 is 15.4 Å². The van der Waals surface area contributed by atoms with Gasteiger partial charge in [0.15, 0.2) is 0 Å². The van der Waals surface area contributed by atoms with Gasteiger partial charge in [0.2, 0.25) is 0 Å². The van der Waals surface area contributed by atoms with E-state index in [1.807, 2.05) is 18.2 Å². The van der Waals surface area contributed by atoms with E-state index in [9.17, 15) is 0 Å². The molecular weight excluding hydrogens is 236 g/mol. The fourth-order valence-corrected chi connectivity index (χ4v) is 1.80. The first kappa shape index (κ1) is 14.3. The van der Waals surface area contributed by atoms with Crippen LogP contribution in [0.1, 0.15) is 19.4 Å². The van der Waals surface area contributed by atoms with E-state index in [-0.39, 0.29) is 0 Å². The van der Waals surface area contributed by atoms with Gasteiger partial charge in [0.05, 0.1) is 7.11 Å². The molecule has 0 heterocycles. The molecule has 0 aliphatic carbocycles. The molecule has 2 N–H and O–H groups in total. The second-order valence-corrected chi connectivity index (χ2v) is 4.48. The summed E-state index contributed by atoms with van der Waals surface area (Å²) in [5, 5.41) is 7.48. The highest BCUT2D eigenvalue weighted by Crippen LogP contribution is 2.22. The zero-order chi connectivity index (χ0) is 12.7. The van der Waals surface area contributed by atoms with Crippen LogP contribution in [-0.4, -0.2) is 26.2 Å². The van der Waals surface area contributed by atoms with Crippen molar-refractivity contribution in [3.05, 3.63) is 28.8 Å². The molecule has 0 saturated carbocycles. The van der Waals surface area contributed by atoms with Gasteiger partial charge < -0.3 is 15.4 Å². The first-order valence-electron chi connectivity index (χ1n) is 5.93. The Kier molecular flexibility index (Phi) is 6.34. The predicted octanol–water partition coefficient (Wildman–Crippen LogP) is 2.44. The Labute approximate surface area is 109 Å². The maximum Gasteiger partial charge on any atom is 0.123 e. The molecule has 1 unspecified atom stereocenters. The smallest absolute Gasteiger partial charge is 0.123 e. The van der Waals surface area contributed by atoms with Crippen molar-refractivity contribution in [2.24, 2.45) is 0 Å². The van der Waals surface area contributed by atoms with Crippen LogP contribution >= 0.6 is 11.6 Å². The Hall–Kier alpha value is -0.770. The summed E-state index contributed by atoms with van der Waals surface area (Å²) in [5.41, 5.74) is 1.09. The van der Waals surface area contributed by atoms with E-state index in [0.717, 1.165) is 36.0 Å². The number of hydrogen-bond donors (Lipinski definition) is 2. The Morgan fingerprint density at radius 1 is 1.41 bits per heavy atom. The summed E-state index contributed by atoms with van der Waals surface area (Å²) in [7, 11) is 1.68. The van der Waals surface area contributed by atoms with Crippen molar-refractivity contribution in [3.8, 4) is 5.75 Å². The van der Waals surface area contributed by atoms with Crippen molar-refractivity contribution in [2.75, 3.05) is 20.2 Å². The number of hydrogen-bond acceptors (Lipinski definition) is 3. The van der Waals surface area contributed by atoms with Crippen LogP contribution in [0.5, 0.6) is 5.75 Å². The molecule has 0 fully saturated rings. The Morgan fingerprint density at radius 3 is 2.82 bits per heavy atom. The molecule has 0 bridgehead atoms. The minimum absolute atomic E-state index is 0.415. The monoisotopic (exact) mass is 256 g/mol. The SMILES string of the molecule is CCNCC(C)NCc1cc(Cl)ccc1OC. The highest BCUT2D eigenvalue weighted by atomic mass is 35.5. The van der Waals surface area contributed by atoms with E-state index in [2.05, 4.69) is 24.5 Å². The fraction of sp³-hybridized carbons (Fsp3) is 0.538. The lowest BCUT2D eigenvalue weighted by molar-refractivity contribution is 0.405. The molecule has 0 aliphatic rings. The zero-order valence-electron chi connectivity index (χ0n) is 10.7. The molecule has 0 amide bonds. The van der Waals surface area contributed by atoms with Crippen molar-refractivity contribution < 1.29 is 4.74 Å². The molecule has 1 aromatic carbocycles. The Balaban J connectivity index is 2.52. The maximum atomic E-state index is 5.98. The standard InChI is InChI=1S/C13H21ClN2O/c1-4-15-8-10(2)16-9-11-7-12(14)5-6-13(11)17-3/h5-7,10,15-16H,4,8-9H2,1-3H3. The molecule has 0 radical (unpaired) electrons. The van der Waals surface area contributed by atoms with Crippen molar-refractivity contribution in [1.82, 2.24) is 10.6 Å². The molecule has 17 heavy (non-hydrogen) atoms. The summed E-state index contributed by atoms with van der Waals surface area (Å²) < 4.78 is 5.30. The highest BCUT2D eigenvalue weighted by Gasteiger charge is 2.06. The molecule has 3 nitrogen and oxygen atoms in total. The van der Waals surface area contributed by atoms with Crippen LogP contribution in [0.25, 0.3) is 0 Å². The zero-order valence-corrected chi connectivity index (χ0v) is 11.5. The van der Waals surface area contributed by atoms with Crippen molar-refractivity contribution in [1.29, 1.82) is 0 Å². The summed E-state index contributed by atoms with van der Waals surface area (Å²) in [6.45, 7) is 6.97. The van der Waals surface area contributed by atoms with Crippen molar-refractivity contribution in [2.45, 2.75) is 26.4 Å². The maximum absolute atomic E-state index is 5.98. The van der Waals surface area contributed by atoms with E-state index in [4.69, 9.17) is 16.3 Å². The number of benzene rings is 1. The van der Waals surface area contributed by atoms with Gasteiger partial charge in [-0.15, -0.1) is 0 Å². The summed E-state index contributed by atoms with van der Waals surface area (Å²) in [6.07, 6.45) is 0. The van der Waals surface area contributed by atoms with E-state index >= 15 is 0 Å². The minimum Gasteiger partial charge on any atom is -0.496 e. The Morgan fingerprint density at radius 2 is 2.18 bits per heavy atom. The molecule has 0 aliphatic heterocycles. The van der Waals surface area contributed by atoms with Gasteiger partial charge >= 0.3 is 0 Å². The van der Waals surface area contributed by atoms with Gasteiger partial charge in [0.1, 0.15) is 5.75 Å². The number of likely N-dealkylation sites (N-methyl/N-ethyl adjacent to an activating group) is 1. The summed E-state index contributed by atoms with van der Waals surface area (Å²) in [5.74, 6) is 0.873. The van der Waals surface area contributed by atoms with Crippen LogP contribution in [0.2, 0.25) is 5.02 Å². The third-order valence-corrected chi connectivity index (χ3v) is 2.82. The fourth-order valence-electron chi connectivity index (χ4n) is 1.60. The minimum atomic E-state index is 0.415. The third kappa shape index (κ3) is 4.94. The first-order chi connectivity index (χ1) is 8.17. The number of methoxy groups -OCH3 is 1. The molecule has 1 rings (SSSR count). The van der Waals surface area contributed by atoms with E-state index in [1.165, 1.54) is 0 Å². The van der Waals surface area contributed by atoms with Crippen LogP contribution in [0.4, 0.5) is 0 Å². The Bertz CT molecular complexity index is 344. The first-order valence-corrected chi connectivity index (χ1v) is 6.31. The molecule has 0 spiro atoms. The molecule has 0 saturated heterocycles. The second-order valence-electron chi connectivity index (χ2n) is 4.05. The quantitative estimate of drug-likeness (QED) is 0.786. The van der Waals surface area contributed by atoms with E-state index < -0.39 is 0 Å². The molecule has 96 valence electrons. The van der Waals surface area contributed by atoms with Crippen LogP contribution in [0.15, 0.2) is 18.2 Å². The number of halogens is 1. The number of rotatable bonds is 7. The molecule has 4 heteroatoms. The molecular formula is C13H21ClN2O. The summed E-state index contributed by atoms with van der Waals surface area (Å²) in [6, 6.07) is 6.09. The van der Waals surface area contributed by atoms with Crippen molar-refractivity contribution in [3.63, 3.8) is 0 Å². The molecule has 0 aromatic heterocycles. The average molecular weight is 257 g/mol. The summed E-state index contributed by atoms with van der Waals surface area (Å²) in [4.78, 5) is 0. The predicted molar refractivity (Wildman–Crippen MR) is 72.8 cm³/mol. The van der Waals surface area contributed by atoms with Gasteiger partial charge in [-0.3, -0.25) is 0 Å². The van der Waals surface area contributed by atoms with Crippen LogP contribution in [0, 0.1) is 0 Å². The lowest BCUT2D eigenvalue weighted by Gasteiger charge is -2.15. The molecule has 1 atom stereocenters. The third-order valence-electron chi connectivity index (χ3n) is 2.58. The normalized spacial score (nSPS) is 12.5. The average Bonchev–Trinajstić information content (AvgIpc) is 2.34. The van der Waals surface area contributed by atoms with Crippen molar-refractivity contribution >= 4 is 11.6 Å². The lowest BCUT2D eigenvalue weighted by atomic mass is 10.2. The van der Waals surface area contributed by atoms with Crippen LogP contribution in [-0.2, 0) is 6.54 Å². The lowest BCUT2D eigenvalue weighted by Crippen LogP contribution is -2.35. The van der Waals surface area contributed by atoms with E-state index in [1.54, 1.807) is 7.11 Å².